The topological polar surface area (TPSA) is 106 Å². The molecule has 0 saturated carbocycles. The number of carbonyl (C=O) groups is 2. The number of amides is 2. The average Bonchev–Trinajstić information content (AvgIpc) is 2.52. The predicted octanol–water partition coefficient (Wildman–Crippen LogP) is 2.75. The van der Waals surface area contributed by atoms with Gasteiger partial charge >= 0.3 is 0 Å². The largest absolute Gasteiger partial charge is 0.323 e. The molecule has 1 aromatic heterocycles. The van der Waals surface area contributed by atoms with Gasteiger partial charge < -0.3 is 5.32 Å². The molecule has 0 unspecified atom stereocenters. The summed E-state index contributed by atoms with van der Waals surface area (Å²) >= 11 is 6.10. The molecule has 1 aromatic rings. The van der Waals surface area contributed by atoms with E-state index in [-0.39, 0.29) is 28.0 Å². The monoisotopic (exact) mass is 403 g/mol. The van der Waals surface area contributed by atoms with Gasteiger partial charge in [-0.1, -0.05) is 32.4 Å². The van der Waals surface area contributed by atoms with Crippen LogP contribution in [0.5, 0.6) is 0 Å². The smallest absolute Gasteiger partial charge is 0.232 e. The Morgan fingerprint density at radius 1 is 1.19 bits per heavy atom. The van der Waals surface area contributed by atoms with Crippen molar-refractivity contribution in [3.63, 3.8) is 0 Å². The van der Waals surface area contributed by atoms with E-state index in [0.29, 0.717) is 19.4 Å². The van der Waals surface area contributed by atoms with Crippen molar-refractivity contribution in [1.82, 2.24) is 9.97 Å². The molecule has 1 heterocycles. The van der Waals surface area contributed by atoms with Gasteiger partial charge in [0.05, 0.1) is 6.61 Å². The molecular weight excluding hydrogens is 378 g/mol. The Bertz CT molecular complexity index is 612. The van der Waals surface area contributed by atoms with Crippen LogP contribution >= 0.6 is 11.6 Å². The molecular formula is C15H26ClN5O4Si. The van der Waals surface area contributed by atoms with Crippen molar-refractivity contribution in [2.75, 3.05) is 22.5 Å². The van der Waals surface area contributed by atoms with Gasteiger partial charge in [-0.3, -0.25) is 19.4 Å². The first kappa shape index (κ1) is 22.3. The van der Waals surface area contributed by atoms with E-state index in [0.717, 1.165) is 18.1 Å². The van der Waals surface area contributed by atoms with Gasteiger partial charge in [0.1, 0.15) is 5.69 Å². The summed E-state index contributed by atoms with van der Waals surface area (Å²) in [5, 5.41) is 5.86. The molecule has 0 aromatic carbocycles. The van der Waals surface area contributed by atoms with E-state index in [1.165, 1.54) is 0 Å². The third-order valence-electron chi connectivity index (χ3n) is 3.00. The molecule has 0 aliphatic heterocycles. The molecule has 0 radical (unpaired) electrons. The molecule has 2 N–H and O–H groups in total. The maximum absolute atomic E-state index is 10.9. The van der Waals surface area contributed by atoms with Crippen molar-refractivity contribution in [3.05, 3.63) is 5.15 Å². The summed E-state index contributed by atoms with van der Waals surface area (Å²) in [6, 6.07) is 0. The molecule has 0 fully saturated rings. The Morgan fingerprint density at radius 3 is 2.38 bits per heavy atom. The summed E-state index contributed by atoms with van der Waals surface area (Å²) in [5.74, 6) is 0.0761. The first-order valence-electron chi connectivity index (χ1n) is 8.25. The first-order chi connectivity index (χ1) is 12.2. The molecule has 0 aliphatic carbocycles. The zero-order valence-corrected chi connectivity index (χ0v) is 17.6. The highest BCUT2D eigenvalue weighted by molar-refractivity contribution is 6.48. The standard InChI is InChI=1S/C15H26ClN5O4Si/c1-15(2,3)7-6-8-24-21(25-26(4)5)13-11(17-9-22)12(16)19-14(20-13)18-10-23/h9-10,26H,6-8H2,1-5H3,(H,17,22)(H,18,19,20,23). The van der Waals surface area contributed by atoms with Gasteiger partial charge in [0, 0.05) is 0 Å². The van der Waals surface area contributed by atoms with Crippen molar-refractivity contribution in [1.29, 1.82) is 0 Å². The molecule has 1 rings (SSSR count). The quantitative estimate of drug-likeness (QED) is 0.192. The van der Waals surface area contributed by atoms with E-state index < -0.39 is 9.04 Å². The molecule has 0 bridgehead atoms. The molecule has 0 aliphatic rings. The Morgan fingerprint density at radius 2 is 1.85 bits per heavy atom. The lowest BCUT2D eigenvalue weighted by atomic mass is 9.91. The molecule has 146 valence electrons. The van der Waals surface area contributed by atoms with E-state index in [2.05, 4.69) is 41.4 Å². The van der Waals surface area contributed by atoms with Gasteiger partial charge in [0.2, 0.25) is 33.6 Å². The van der Waals surface area contributed by atoms with Crippen LogP contribution in [0.2, 0.25) is 18.2 Å². The Kier molecular flexibility index (Phi) is 8.92. The van der Waals surface area contributed by atoms with Crippen LogP contribution in [0.4, 0.5) is 17.5 Å². The van der Waals surface area contributed by atoms with Crippen LogP contribution in [0.15, 0.2) is 0 Å². The molecule has 0 saturated heterocycles. The average molecular weight is 404 g/mol. The lowest BCUT2D eigenvalue weighted by molar-refractivity contribution is -0.106. The fourth-order valence-electron chi connectivity index (χ4n) is 1.94. The normalized spacial score (nSPS) is 11.3. The SMILES string of the molecule is C[SiH](C)ON(OCCCC(C)(C)C)c1nc(NC=O)nc(Cl)c1NC=O. The second-order valence-corrected chi connectivity index (χ2v) is 9.64. The number of rotatable bonds is 11. The van der Waals surface area contributed by atoms with E-state index in [1.54, 1.807) is 0 Å². The summed E-state index contributed by atoms with van der Waals surface area (Å²) in [6.07, 6.45) is 2.64. The molecule has 0 atom stereocenters. The van der Waals surface area contributed by atoms with E-state index >= 15 is 0 Å². The summed E-state index contributed by atoms with van der Waals surface area (Å²) in [5.41, 5.74) is 0.314. The number of nitrogens with zero attached hydrogens (tertiary/aromatic N) is 3. The Labute approximate surface area is 160 Å². The fourth-order valence-corrected chi connectivity index (χ4v) is 2.70. The summed E-state index contributed by atoms with van der Waals surface area (Å²) in [6.45, 7) is 10.7. The predicted molar refractivity (Wildman–Crippen MR) is 103 cm³/mol. The fraction of sp³-hybridized carbons (Fsp3) is 0.600. The van der Waals surface area contributed by atoms with Gasteiger partial charge in [-0.25, -0.2) is 4.84 Å². The van der Waals surface area contributed by atoms with Crippen LogP contribution < -0.4 is 15.9 Å². The minimum absolute atomic E-state index is 0.0336. The van der Waals surface area contributed by atoms with Crippen molar-refractivity contribution in [2.24, 2.45) is 5.41 Å². The number of hydrogen-bond donors (Lipinski definition) is 2. The second-order valence-electron chi connectivity index (χ2n) is 6.97. The van der Waals surface area contributed by atoms with Crippen molar-refractivity contribution in [2.45, 2.75) is 46.7 Å². The number of nitrogens with one attached hydrogen (secondary N) is 2. The van der Waals surface area contributed by atoms with E-state index in [4.69, 9.17) is 21.0 Å². The van der Waals surface area contributed by atoms with E-state index in [9.17, 15) is 9.59 Å². The second kappa shape index (κ2) is 10.4. The van der Waals surface area contributed by atoms with Crippen LogP contribution in [-0.2, 0) is 19.0 Å². The molecule has 26 heavy (non-hydrogen) atoms. The minimum atomic E-state index is -1.58. The molecule has 9 nitrogen and oxygen atoms in total. The summed E-state index contributed by atoms with van der Waals surface area (Å²) in [4.78, 5) is 35.4. The zero-order chi connectivity index (χ0) is 19.7. The lowest BCUT2D eigenvalue weighted by Gasteiger charge is -2.26. The zero-order valence-electron chi connectivity index (χ0n) is 15.7. The highest BCUT2D eigenvalue weighted by Gasteiger charge is 2.22. The van der Waals surface area contributed by atoms with Gasteiger partial charge in [0.25, 0.3) is 0 Å². The van der Waals surface area contributed by atoms with Crippen molar-refractivity contribution < 1.29 is 19.0 Å². The number of anilines is 3. The minimum Gasteiger partial charge on any atom is -0.323 e. The third-order valence-corrected chi connectivity index (χ3v) is 3.88. The molecule has 0 spiro atoms. The van der Waals surface area contributed by atoms with Gasteiger partial charge in [-0.15, -0.1) is 5.23 Å². The number of halogens is 1. The maximum atomic E-state index is 10.9. The Hall–Kier alpha value is -1.75. The van der Waals surface area contributed by atoms with Gasteiger partial charge in [-0.05, 0) is 31.4 Å². The van der Waals surface area contributed by atoms with Gasteiger partial charge in [-0.2, -0.15) is 9.97 Å². The first-order valence-corrected chi connectivity index (χ1v) is 11.4. The third kappa shape index (κ3) is 7.64. The summed E-state index contributed by atoms with van der Waals surface area (Å²) in [7, 11) is -1.58. The summed E-state index contributed by atoms with van der Waals surface area (Å²) < 4.78 is 5.77. The van der Waals surface area contributed by atoms with Crippen LogP contribution in [0.25, 0.3) is 0 Å². The lowest BCUT2D eigenvalue weighted by Crippen LogP contribution is -2.32. The van der Waals surface area contributed by atoms with Crippen molar-refractivity contribution >= 4 is 50.9 Å². The number of aromatic nitrogens is 2. The molecule has 2 amide bonds. The molecule has 11 heteroatoms. The Balaban J connectivity index is 3.09. The van der Waals surface area contributed by atoms with Crippen LogP contribution in [-0.4, -0.2) is 38.4 Å². The number of carbonyl (C=O) groups excluding carboxylic acids is 2. The maximum Gasteiger partial charge on any atom is 0.232 e. The van der Waals surface area contributed by atoms with E-state index in [1.807, 2.05) is 13.1 Å². The van der Waals surface area contributed by atoms with Gasteiger partial charge in [0.15, 0.2) is 5.15 Å². The highest BCUT2D eigenvalue weighted by Crippen LogP contribution is 2.32. The van der Waals surface area contributed by atoms with Crippen LogP contribution in [0.1, 0.15) is 33.6 Å². The highest BCUT2D eigenvalue weighted by atomic mass is 35.5. The van der Waals surface area contributed by atoms with Crippen LogP contribution in [0.3, 0.4) is 0 Å². The van der Waals surface area contributed by atoms with Crippen molar-refractivity contribution in [3.8, 4) is 0 Å². The number of hydrogen-bond acceptors (Lipinski definition) is 7. The van der Waals surface area contributed by atoms with Crippen LogP contribution in [0, 0.1) is 5.41 Å².